The summed E-state index contributed by atoms with van der Waals surface area (Å²) < 4.78 is 35.0. The lowest BCUT2D eigenvalue weighted by Gasteiger charge is -2.35. The van der Waals surface area contributed by atoms with Crippen LogP contribution in [0.25, 0.3) is 0 Å². The molecule has 0 bridgehead atoms. The minimum atomic E-state index is -3.66. The van der Waals surface area contributed by atoms with Gasteiger partial charge in [0.15, 0.2) is 0 Å². The molecule has 7 heteroatoms. The van der Waals surface area contributed by atoms with Crippen LogP contribution in [0.4, 0.5) is 5.69 Å². The summed E-state index contributed by atoms with van der Waals surface area (Å²) in [4.78, 5) is 0.238. The molecule has 3 rings (SSSR count). The van der Waals surface area contributed by atoms with Crippen molar-refractivity contribution < 1.29 is 13.2 Å². The molecule has 1 aliphatic rings. The van der Waals surface area contributed by atoms with Crippen LogP contribution in [0, 0.1) is 6.92 Å². The summed E-state index contributed by atoms with van der Waals surface area (Å²) in [5.41, 5.74) is 1.20. The number of ether oxygens (including phenoxy) is 1. The smallest absolute Gasteiger partial charge is 0.267 e. The third-order valence-electron chi connectivity index (χ3n) is 4.01. The number of aromatic nitrogens is 2. The number of para-hydroxylation sites is 2. The van der Waals surface area contributed by atoms with Gasteiger partial charge in [-0.3, -0.25) is 8.99 Å². The molecule has 0 N–H and O–H groups in total. The molecule has 0 saturated carbocycles. The van der Waals surface area contributed by atoms with Gasteiger partial charge in [-0.1, -0.05) is 19.1 Å². The van der Waals surface area contributed by atoms with Crippen molar-refractivity contribution in [2.75, 3.05) is 10.8 Å². The summed E-state index contributed by atoms with van der Waals surface area (Å²) in [6.45, 7) is 4.05. The molecule has 0 fully saturated rings. The van der Waals surface area contributed by atoms with Gasteiger partial charge < -0.3 is 4.74 Å². The molecule has 1 atom stereocenters. The van der Waals surface area contributed by atoms with Crippen LogP contribution in [0.2, 0.25) is 0 Å². The number of benzene rings is 1. The quantitative estimate of drug-likeness (QED) is 0.868. The highest BCUT2D eigenvalue weighted by molar-refractivity contribution is 7.92. The number of hydrogen-bond donors (Lipinski definition) is 0. The fraction of sp³-hybridized carbons (Fsp3) is 0.400. The van der Waals surface area contributed by atoms with Crippen molar-refractivity contribution in [3.8, 4) is 5.75 Å². The summed E-state index contributed by atoms with van der Waals surface area (Å²) in [7, 11) is -1.93. The van der Waals surface area contributed by atoms with Gasteiger partial charge in [-0.2, -0.15) is 5.10 Å². The zero-order chi connectivity index (χ0) is 15.9. The van der Waals surface area contributed by atoms with E-state index < -0.39 is 10.0 Å². The molecule has 1 aliphatic heterocycles. The van der Waals surface area contributed by atoms with E-state index in [0.717, 1.165) is 6.42 Å². The maximum atomic E-state index is 13.1. The van der Waals surface area contributed by atoms with Crippen LogP contribution in [0.1, 0.15) is 19.0 Å². The van der Waals surface area contributed by atoms with Gasteiger partial charge in [0.2, 0.25) is 0 Å². The van der Waals surface area contributed by atoms with Gasteiger partial charge in [-0.25, -0.2) is 8.42 Å². The maximum absolute atomic E-state index is 13.1. The Morgan fingerprint density at radius 2 is 2.09 bits per heavy atom. The highest BCUT2D eigenvalue weighted by Gasteiger charge is 2.35. The maximum Gasteiger partial charge on any atom is 0.267 e. The SMILES string of the molecule is CCC1CN(S(=O)(=O)c2cnn(C)c2C)c2ccccc2O1. The molecule has 1 unspecified atom stereocenters. The molecule has 2 aromatic rings. The van der Waals surface area contributed by atoms with E-state index in [1.54, 1.807) is 30.8 Å². The Kier molecular flexibility index (Phi) is 3.60. The van der Waals surface area contributed by atoms with Crippen molar-refractivity contribution in [3.05, 3.63) is 36.2 Å². The van der Waals surface area contributed by atoms with E-state index in [0.29, 0.717) is 23.7 Å². The number of aryl methyl sites for hydroxylation is 1. The highest BCUT2D eigenvalue weighted by Crippen LogP contribution is 2.37. The number of fused-ring (bicyclic) bond motifs is 1. The van der Waals surface area contributed by atoms with Crippen molar-refractivity contribution in [1.29, 1.82) is 0 Å². The van der Waals surface area contributed by atoms with Crippen molar-refractivity contribution in [3.63, 3.8) is 0 Å². The summed E-state index contributed by atoms with van der Waals surface area (Å²) in [5.74, 6) is 0.603. The van der Waals surface area contributed by atoms with Crippen molar-refractivity contribution >= 4 is 15.7 Å². The monoisotopic (exact) mass is 321 g/mol. The minimum absolute atomic E-state index is 0.151. The Morgan fingerprint density at radius 3 is 2.73 bits per heavy atom. The predicted molar refractivity (Wildman–Crippen MR) is 83.6 cm³/mol. The van der Waals surface area contributed by atoms with Gasteiger partial charge >= 0.3 is 0 Å². The van der Waals surface area contributed by atoms with Gasteiger partial charge in [0.25, 0.3) is 10.0 Å². The van der Waals surface area contributed by atoms with E-state index in [1.807, 2.05) is 19.1 Å². The lowest BCUT2D eigenvalue weighted by atomic mass is 10.2. The second kappa shape index (κ2) is 5.31. The van der Waals surface area contributed by atoms with Gasteiger partial charge in [0, 0.05) is 7.05 Å². The first-order valence-electron chi connectivity index (χ1n) is 7.22. The van der Waals surface area contributed by atoms with Crippen LogP contribution in [0.5, 0.6) is 5.75 Å². The third kappa shape index (κ3) is 2.25. The molecule has 0 saturated heterocycles. The lowest BCUT2D eigenvalue weighted by Crippen LogP contribution is -2.43. The van der Waals surface area contributed by atoms with E-state index >= 15 is 0 Å². The van der Waals surface area contributed by atoms with Gasteiger partial charge in [-0.05, 0) is 25.5 Å². The molecule has 1 aromatic heterocycles. The van der Waals surface area contributed by atoms with E-state index in [4.69, 9.17) is 4.74 Å². The van der Waals surface area contributed by atoms with Crippen molar-refractivity contribution in [1.82, 2.24) is 9.78 Å². The fourth-order valence-corrected chi connectivity index (χ4v) is 4.25. The summed E-state index contributed by atoms with van der Waals surface area (Å²) in [6.07, 6.45) is 2.00. The average molecular weight is 321 g/mol. The van der Waals surface area contributed by atoms with Crippen LogP contribution in [-0.4, -0.2) is 30.8 Å². The molecule has 6 nitrogen and oxygen atoms in total. The zero-order valence-electron chi connectivity index (χ0n) is 12.9. The highest BCUT2D eigenvalue weighted by atomic mass is 32.2. The summed E-state index contributed by atoms with van der Waals surface area (Å²) in [6, 6.07) is 7.23. The summed E-state index contributed by atoms with van der Waals surface area (Å²) >= 11 is 0. The number of nitrogens with zero attached hydrogens (tertiary/aromatic N) is 3. The number of anilines is 1. The molecule has 0 aliphatic carbocycles. The molecular formula is C15H19N3O3S. The number of hydrogen-bond acceptors (Lipinski definition) is 4. The molecular weight excluding hydrogens is 302 g/mol. The average Bonchev–Trinajstić information content (AvgIpc) is 2.86. The Bertz CT molecular complexity index is 798. The molecule has 1 aromatic carbocycles. The first-order chi connectivity index (χ1) is 10.4. The van der Waals surface area contributed by atoms with Gasteiger partial charge in [-0.15, -0.1) is 0 Å². The van der Waals surface area contributed by atoms with Gasteiger partial charge in [0.05, 0.1) is 24.1 Å². The van der Waals surface area contributed by atoms with Gasteiger partial charge in [0.1, 0.15) is 16.7 Å². The lowest BCUT2D eigenvalue weighted by molar-refractivity contribution is 0.196. The molecule has 2 heterocycles. The zero-order valence-corrected chi connectivity index (χ0v) is 13.7. The van der Waals surface area contributed by atoms with Crippen LogP contribution in [0.3, 0.4) is 0 Å². The Balaban J connectivity index is 2.12. The first-order valence-corrected chi connectivity index (χ1v) is 8.66. The number of rotatable bonds is 3. The third-order valence-corrected chi connectivity index (χ3v) is 5.89. The van der Waals surface area contributed by atoms with Crippen molar-refractivity contribution in [2.24, 2.45) is 7.05 Å². The Hall–Kier alpha value is -2.02. The predicted octanol–water partition coefficient (Wildman–Crippen LogP) is 2.09. The van der Waals surface area contributed by atoms with Crippen LogP contribution >= 0.6 is 0 Å². The van der Waals surface area contributed by atoms with Crippen LogP contribution in [0.15, 0.2) is 35.4 Å². The van der Waals surface area contributed by atoms with Crippen LogP contribution in [-0.2, 0) is 17.1 Å². The Morgan fingerprint density at radius 1 is 1.36 bits per heavy atom. The standard InChI is InChI=1S/C15H19N3O3S/c1-4-12-10-18(13-7-5-6-8-14(13)21-12)22(19,20)15-9-16-17(3)11(15)2/h5-9,12H,4,10H2,1-3H3. The van der Waals surface area contributed by atoms with E-state index in [1.165, 1.54) is 10.5 Å². The topological polar surface area (TPSA) is 64.4 Å². The minimum Gasteiger partial charge on any atom is -0.486 e. The molecule has 0 amide bonds. The molecule has 0 radical (unpaired) electrons. The Labute approximate surface area is 130 Å². The first kappa shape index (κ1) is 14.9. The largest absolute Gasteiger partial charge is 0.486 e. The van der Waals surface area contributed by atoms with Crippen LogP contribution < -0.4 is 9.04 Å². The van der Waals surface area contributed by atoms with Crippen molar-refractivity contribution in [2.45, 2.75) is 31.3 Å². The van der Waals surface area contributed by atoms with E-state index in [2.05, 4.69) is 5.10 Å². The normalized spacial score (nSPS) is 18.0. The molecule has 118 valence electrons. The van der Waals surface area contributed by atoms with E-state index in [-0.39, 0.29) is 11.0 Å². The second-order valence-electron chi connectivity index (χ2n) is 5.37. The molecule has 0 spiro atoms. The number of sulfonamides is 1. The van der Waals surface area contributed by atoms with E-state index in [9.17, 15) is 8.42 Å². The molecule has 22 heavy (non-hydrogen) atoms. The summed E-state index contributed by atoms with van der Waals surface area (Å²) in [5, 5.41) is 4.05. The second-order valence-corrected chi connectivity index (χ2v) is 7.20. The fourth-order valence-electron chi connectivity index (χ4n) is 2.55.